The molecule has 0 amide bonds. The van der Waals surface area contributed by atoms with Gasteiger partial charge in [0, 0.05) is 11.3 Å². The number of hydrogen-bond acceptors (Lipinski definition) is 2. The number of aliphatic hydroxyl groups excluding tert-OH is 1. The van der Waals surface area contributed by atoms with Crippen LogP contribution in [0.4, 0.5) is 4.39 Å². The fourth-order valence-corrected chi connectivity index (χ4v) is 2.24. The molecule has 1 aliphatic rings. The van der Waals surface area contributed by atoms with Crippen LogP contribution in [0.5, 0.6) is 0 Å². The summed E-state index contributed by atoms with van der Waals surface area (Å²) in [6.45, 7) is 3.51. The molecule has 0 spiro atoms. The highest BCUT2D eigenvalue weighted by Crippen LogP contribution is 2.37. The lowest BCUT2D eigenvalue weighted by molar-refractivity contribution is -0.110. The highest BCUT2D eigenvalue weighted by Gasteiger charge is 2.36. The summed E-state index contributed by atoms with van der Waals surface area (Å²) in [7, 11) is 0. The molecule has 1 fully saturated rings. The van der Waals surface area contributed by atoms with Crippen LogP contribution in [0, 0.1) is 11.2 Å². The first-order chi connectivity index (χ1) is 7.64. The van der Waals surface area contributed by atoms with Crippen LogP contribution in [0.1, 0.15) is 24.8 Å². The maximum absolute atomic E-state index is 13.6. The average molecular weight is 224 g/mol. The van der Waals surface area contributed by atoms with E-state index in [0.29, 0.717) is 18.8 Å². The van der Waals surface area contributed by atoms with Gasteiger partial charge in [0.25, 0.3) is 0 Å². The molecule has 0 bridgehead atoms. The molecule has 1 atom stereocenters. The molecule has 2 nitrogen and oxygen atoms in total. The summed E-state index contributed by atoms with van der Waals surface area (Å²) >= 11 is 0. The van der Waals surface area contributed by atoms with Crippen molar-refractivity contribution in [1.29, 1.82) is 0 Å². The van der Waals surface area contributed by atoms with Gasteiger partial charge >= 0.3 is 0 Å². The van der Waals surface area contributed by atoms with E-state index in [1.54, 1.807) is 18.2 Å². The van der Waals surface area contributed by atoms with Crippen molar-refractivity contribution in [2.24, 2.45) is 5.41 Å². The third-order valence-corrected chi connectivity index (χ3v) is 3.21. The van der Waals surface area contributed by atoms with Gasteiger partial charge in [0.05, 0.1) is 19.8 Å². The third kappa shape index (κ3) is 2.25. The standard InChI is InChI=1S/C13H17FO2/c1-13(8-16-9-13)6-10(7-15)11-4-2-3-5-12(11)14/h2-5,10,15H,6-9H2,1H3. The van der Waals surface area contributed by atoms with E-state index in [4.69, 9.17) is 4.74 Å². The second-order valence-corrected chi connectivity index (χ2v) is 4.91. The van der Waals surface area contributed by atoms with Gasteiger partial charge in [0.1, 0.15) is 5.82 Å². The molecule has 0 aliphatic carbocycles. The maximum Gasteiger partial charge on any atom is 0.126 e. The van der Waals surface area contributed by atoms with Crippen LogP contribution in [0.3, 0.4) is 0 Å². The Bertz CT molecular complexity index is 361. The van der Waals surface area contributed by atoms with Crippen molar-refractivity contribution >= 4 is 0 Å². The molecule has 0 saturated carbocycles. The number of rotatable bonds is 4. The second kappa shape index (κ2) is 4.52. The largest absolute Gasteiger partial charge is 0.396 e. The summed E-state index contributed by atoms with van der Waals surface area (Å²) in [4.78, 5) is 0. The van der Waals surface area contributed by atoms with E-state index in [1.807, 2.05) is 0 Å². The van der Waals surface area contributed by atoms with Crippen molar-refractivity contribution in [3.8, 4) is 0 Å². The van der Waals surface area contributed by atoms with Crippen molar-refractivity contribution in [2.75, 3.05) is 19.8 Å². The maximum atomic E-state index is 13.6. The summed E-state index contributed by atoms with van der Waals surface area (Å²) in [5, 5.41) is 9.38. The zero-order valence-corrected chi connectivity index (χ0v) is 9.45. The lowest BCUT2D eigenvalue weighted by Gasteiger charge is -2.40. The fourth-order valence-electron chi connectivity index (χ4n) is 2.24. The molecule has 1 aliphatic heterocycles. The molecular weight excluding hydrogens is 207 g/mol. The van der Waals surface area contributed by atoms with Gasteiger partial charge in [-0.15, -0.1) is 0 Å². The van der Waals surface area contributed by atoms with E-state index in [-0.39, 0.29) is 23.8 Å². The molecule has 0 aromatic heterocycles. The highest BCUT2D eigenvalue weighted by molar-refractivity contribution is 5.22. The van der Waals surface area contributed by atoms with E-state index in [0.717, 1.165) is 6.42 Å². The Morgan fingerprint density at radius 1 is 1.44 bits per heavy atom. The summed E-state index contributed by atoms with van der Waals surface area (Å²) in [6, 6.07) is 6.67. The Morgan fingerprint density at radius 3 is 2.62 bits per heavy atom. The van der Waals surface area contributed by atoms with Crippen LogP contribution in [0.25, 0.3) is 0 Å². The predicted molar refractivity (Wildman–Crippen MR) is 59.8 cm³/mol. The minimum Gasteiger partial charge on any atom is -0.396 e. The zero-order chi connectivity index (χ0) is 11.6. The van der Waals surface area contributed by atoms with Gasteiger partial charge in [-0.1, -0.05) is 25.1 Å². The Labute approximate surface area is 95.1 Å². The zero-order valence-electron chi connectivity index (χ0n) is 9.45. The van der Waals surface area contributed by atoms with Crippen LogP contribution in [-0.2, 0) is 4.74 Å². The smallest absolute Gasteiger partial charge is 0.126 e. The minimum atomic E-state index is -0.231. The van der Waals surface area contributed by atoms with Gasteiger partial charge in [-0.2, -0.15) is 0 Å². The van der Waals surface area contributed by atoms with Crippen molar-refractivity contribution in [1.82, 2.24) is 0 Å². The van der Waals surface area contributed by atoms with Crippen molar-refractivity contribution in [3.05, 3.63) is 35.6 Å². The molecule has 1 unspecified atom stereocenters. The third-order valence-electron chi connectivity index (χ3n) is 3.21. The SMILES string of the molecule is CC1(CC(CO)c2ccccc2F)COC1. The van der Waals surface area contributed by atoms with Crippen molar-refractivity contribution in [3.63, 3.8) is 0 Å². The summed E-state index contributed by atoms with van der Waals surface area (Å²) in [5.41, 5.74) is 0.702. The Balaban J connectivity index is 2.13. The van der Waals surface area contributed by atoms with Gasteiger partial charge in [-0.3, -0.25) is 0 Å². The second-order valence-electron chi connectivity index (χ2n) is 4.91. The molecule has 0 radical (unpaired) electrons. The quantitative estimate of drug-likeness (QED) is 0.850. The van der Waals surface area contributed by atoms with Gasteiger partial charge in [0.15, 0.2) is 0 Å². The average Bonchev–Trinajstić information content (AvgIpc) is 2.25. The van der Waals surface area contributed by atoms with E-state index in [2.05, 4.69) is 6.92 Å². The van der Waals surface area contributed by atoms with Crippen LogP contribution in [0.2, 0.25) is 0 Å². The molecule has 3 heteroatoms. The highest BCUT2D eigenvalue weighted by atomic mass is 19.1. The number of ether oxygens (including phenoxy) is 1. The van der Waals surface area contributed by atoms with Crippen LogP contribution >= 0.6 is 0 Å². The number of aliphatic hydroxyl groups is 1. The summed E-state index contributed by atoms with van der Waals surface area (Å²) in [5.74, 6) is -0.361. The Hall–Kier alpha value is -0.930. The van der Waals surface area contributed by atoms with Crippen LogP contribution in [0.15, 0.2) is 24.3 Å². The lowest BCUT2D eigenvalue weighted by atomic mass is 9.77. The van der Waals surface area contributed by atoms with Crippen LogP contribution in [-0.4, -0.2) is 24.9 Å². The Morgan fingerprint density at radius 2 is 2.12 bits per heavy atom. The molecule has 1 N–H and O–H groups in total. The first-order valence-electron chi connectivity index (χ1n) is 5.58. The fraction of sp³-hybridized carbons (Fsp3) is 0.538. The lowest BCUT2D eigenvalue weighted by Crippen LogP contribution is -2.41. The van der Waals surface area contributed by atoms with E-state index >= 15 is 0 Å². The number of halogens is 1. The van der Waals surface area contributed by atoms with Crippen molar-refractivity contribution in [2.45, 2.75) is 19.3 Å². The van der Waals surface area contributed by atoms with Crippen LogP contribution < -0.4 is 0 Å². The summed E-state index contributed by atoms with van der Waals surface area (Å²) < 4.78 is 18.8. The summed E-state index contributed by atoms with van der Waals surface area (Å²) in [6.07, 6.45) is 0.768. The van der Waals surface area contributed by atoms with Gasteiger partial charge in [-0.25, -0.2) is 4.39 Å². The monoisotopic (exact) mass is 224 g/mol. The van der Waals surface area contributed by atoms with Gasteiger partial charge in [-0.05, 0) is 18.1 Å². The molecule has 1 saturated heterocycles. The molecule has 2 rings (SSSR count). The normalized spacial score (nSPS) is 20.2. The topological polar surface area (TPSA) is 29.5 Å². The molecule has 1 aromatic carbocycles. The molecule has 1 aromatic rings. The molecule has 1 heterocycles. The molecular formula is C13H17FO2. The van der Waals surface area contributed by atoms with Crippen molar-refractivity contribution < 1.29 is 14.2 Å². The van der Waals surface area contributed by atoms with E-state index < -0.39 is 0 Å². The number of hydrogen-bond donors (Lipinski definition) is 1. The Kier molecular flexibility index (Phi) is 3.26. The minimum absolute atomic E-state index is 0.0173. The molecule has 88 valence electrons. The number of benzene rings is 1. The predicted octanol–water partition coefficient (Wildman–Crippen LogP) is 2.33. The molecule has 16 heavy (non-hydrogen) atoms. The first kappa shape index (κ1) is 11.6. The van der Waals surface area contributed by atoms with Gasteiger partial charge < -0.3 is 9.84 Å². The van der Waals surface area contributed by atoms with E-state index in [9.17, 15) is 9.50 Å². The van der Waals surface area contributed by atoms with E-state index in [1.165, 1.54) is 6.07 Å². The van der Waals surface area contributed by atoms with Gasteiger partial charge in [0.2, 0.25) is 0 Å². The first-order valence-corrected chi connectivity index (χ1v) is 5.58.